The van der Waals surface area contributed by atoms with Crippen LogP contribution in [0.1, 0.15) is 12.8 Å². The molecular weight excluding hydrogens is 365 g/mol. The third-order valence-corrected chi connectivity index (χ3v) is 4.90. The van der Waals surface area contributed by atoms with Gasteiger partial charge in [0.1, 0.15) is 5.82 Å². The first-order valence-electron chi connectivity index (χ1n) is 6.42. The summed E-state index contributed by atoms with van der Waals surface area (Å²) in [6, 6.07) is 2.15. The number of hydrogen-bond donors (Lipinski definition) is 1. The summed E-state index contributed by atoms with van der Waals surface area (Å²) in [5.74, 6) is -0.0701. The smallest absolute Gasteiger partial charge is 0.312 e. The molecule has 1 fully saturated rings. The molecule has 116 valence electrons. The summed E-state index contributed by atoms with van der Waals surface area (Å²) in [5, 5.41) is 11.0. The highest BCUT2D eigenvalue weighted by atomic mass is 79.9. The molecule has 0 aromatic heterocycles. The molecule has 1 aromatic rings. The monoisotopic (exact) mass is 379 g/mol. The largest absolute Gasteiger partial charge is 0.486 e. The summed E-state index contributed by atoms with van der Waals surface area (Å²) in [7, 11) is 0. The molecule has 0 atom stereocenters. The highest BCUT2D eigenvalue weighted by molar-refractivity contribution is 9.10. The first kappa shape index (κ1) is 16.5. The number of nitrogens with zero attached hydrogens (tertiary/aromatic N) is 1. The highest BCUT2D eigenvalue weighted by Gasteiger charge is 2.33. The topological polar surface area (TPSA) is 61.6 Å². The van der Waals surface area contributed by atoms with Crippen LogP contribution >= 0.6 is 28.6 Å². The number of thiol groups is 1. The Kier molecular flexibility index (Phi) is 5.45. The summed E-state index contributed by atoms with van der Waals surface area (Å²) in [6.45, 7) is 1.48. The van der Waals surface area contributed by atoms with Gasteiger partial charge in [0, 0.05) is 30.8 Å². The first-order chi connectivity index (χ1) is 9.97. The molecule has 0 amide bonds. The molecule has 1 aliphatic heterocycles. The van der Waals surface area contributed by atoms with E-state index in [-0.39, 0.29) is 27.9 Å². The lowest BCUT2D eigenvalue weighted by Gasteiger charge is -2.35. The maximum absolute atomic E-state index is 13.6. The summed E-state index contributed by atoms with van der Waals surface area (Å²) < 4.78 is 24.5. The van der Waals surface area contributed by atoms with Gasteiger partial charge in [-0.1, -0.05) is 0 Å². The van der Waals surface area contributed by atoms with Crippen molar-refractivity contribution in [2.75, 3.05) is 25.6 Å². The Hall–Kier alpha value is -0.860. The summed E-state index contributed by atoms with van der Waals surface area (Å²) in [6.07, 6.45) is 1.53. The van der Waals surface area contributed by atoms with Crippen LogP contribution in [0.2, 0.25) is 0 Å². The third-order valence-electron chi connectivity index (χ3n) is 3.62. The molecule has 1 aliphatic rings. The summed E-state index contributed by atoms with van der Waals surface area (Å²) >= 11 is 7.28. The van der Waals surface area contributed by atoms with E-state index in [9.17, 15) is 14.5 Å². The van der Waals surface area contributed by atoms with Gasteiger partial charge in [0.2, 0.25) is 0 Å². The van der Waals surface area contributed by atoms with Crippen LogP contribution in [0.4, 0.5) is 10.1 Å². The molecule has 8 heteroatoms. The van der Waals surface area contributed by atoms with Crippen molar-refractivity contribution in [2.24, 2.45) is 5.41 Å². The molecule has 0 unspecified atom stereocenters. The SMILES string of the molecule is O=[N+]([O-])c1cc(Br)c(F)cc1OCC1(CS)CCOCC1. The predicted octanol–water partition coefficient (Wildman–Crippen LogP) is 3.60. The zero-order valence-corrected chi connectivity index (χ0v) is 13.7. The van der Waals surface area contributed by atoms with E-state index in [1.807, 2.05) is 0 Å². The van der Waals surface area contributed by atoms with Gasteiger partial charge < -0.3 is 9.47 Å². The van der Waals surface area contributed by atoms with Gasteiger partial charge in [0.15, 0.2) is 5.75 Å². The Morgan fingerprint density at radius 2 is 2.14 bits per heavy atom. The van der Waals surface area contributed by atoms with E-state index in [2.05, 4.69) is 28.6 Å². The zero-order chi connectivity index (χ0) is 15.5. The maximum atomic E-state index is 13.6. The maximum Gasteiger partial charge on any atom is 0.312 e. The minimum atomic E-state index is -0.595. The molecule has 1 heterocycles. The molecule has 0 spiro atoms. The lowest BCUT2D eigenvalue weighted by molar-refractivity contribution is -0.386. The minimum absolute atomic E-state index is 0.0384. The predicted molar refractivity (Wildman–Crippen MR) is 82.6 cm³/mol. The van der Waals surface area contributed by atoms with Gasteiger partial charge in [0.25, 0.3) is 0 Å². The van der Waals surface area contributed by atoms with Gasteiger partial charge in [-0.15, -0.1) is 0 Å². The van der Waals surface area contributed by atoms with Crippen LogP contribution in [0, 0.1) is 21.3 Å². The average Bonchev–Trinajstić information content (AvgIpc) is 2.48. The standard InChI is InChI=1S/C13H15BrFNO4S/c14-9-5-11(16(17)18)12(6-10(9)15)20-7-13(8-21)1-3-19-4-2-13/h5-6,21H,1-4,7-8H2. The second kappa shape index (κ2) is 6.93. The number of rotatable bonds is 5. The highest BCUT2D eigenvalue weighted by Crippen LogP contribution is 2.36. The lowest BCUT2D eigenvalue weighted by Crippen LogP contribution is -2.37. The molecule has 0 radical (unpaired) electrons. The third kappa shape index (κ3) is 3.87. The molecule has 5 nitrogen and oxygen atoms in total. The Morgan fingerprint density at radius 3 is 2.71 bits per heavy atom. The van der Waals surface area contributed by atoms with E-state index in [1.54, 1.807) is 0 Å². The van der Waals surface area contributed by atoms with Crippen LogP contribution in [-0.4, -0.2) is 30.5 Å². The number of nitro benzene ring substituents is 1. The number of nitro groups is 1. The molecule has 1 saturated heterocycles. The molecule has 0 bridgehead atoms. The van der Waals surface area contributed by atoms with Crippen LogP contribution in [0.15, 0.2) is 16.6 Å². The molecule has 0 N–H and O–H groups in total. The molecule has 2 rings (SSSR count). The lowest BCUT2D eigenvalue weighted by atomic mass is 9.83. The Labute approximate surface area is 135 Å². The number of benzene rings is 1. The van der Waals surface area contributed by atoms with E-state index in [4.69, 9.17) is 9.47 Å². The normalized spacial score (nSPS) is 17.5. The molecule has 1 aromatic carbocycles. The van der Waals surface area contributed by atoms with Crippen LogP contribution in [-0.2, 0) is 4.74 Å². The van der Waals surface area contributed by atoms with E-state index in [0.717, 1.165) is 25.0 Å². The molecular formula is C13H15BrFNO4S. The van der Waals surface area contributed by atoms with E-state index < -0.39 is 10.7 Å². The van der Waals surface area contributed by atoms with Gasteiger partial charge in [-0.05, 0) is 34.5 Å². The fourth-order valence-corrected chi connectivity index (χ4v) is 2.90. The van der Waals surface area contributed by atoms with Gasteiger partial charge in [0.05, 0.1) is 16.0 Å². The second-order valence-electron chi connectivity index (χ2n) is 5.05. The quantitative estimate of drug-likeness (QED) is 0.482. The van der Waals surface area contributed by atoms with Gasteiger partial charge in [-0.25, -0.2) is 4.39 Å². The van der Waals surface area contributed by atoms with E-state index in [1.165, 1.54) is 0 Å². The van der Waals surface area contributed by atoms with Crippen LogP contribution in [0.3, 0.4) is 0 Å². The van der Waals surface area contributed by atoms with Crippen molar-refractivity contribution < 1.29 is 18.8 Å². The Balaban J connectivity index is 2.18. The van der Waals surface area contributed by atoms with Crippen LogP contribution in [0.25, 0.3) is 0 Å². The van der Waals surface area contributed by atoms with Gasteiger partial charge in [-0.2, -0.15) is 12.6 Å². The van der Waals surface area contributed by atoms with Crippen molar-refractivity contribution in [2.45, 2.75) is 12.8 Å². The zero-order valence-electron chi connectivity index (χ0n) is 11.2. The van der Waals surface area contributed by atoms with Crippen molar-refractivity contribution in [3.05, 3.63) is 32.5 Å². The van der Waals surface area contributed by atoms with Crippen LogP contribution < -0.4 is 4.74 Å². The summed E-state index contributed by atoms with van der Waals surface area (Å²) in [4.78, 5) is 10.4. The van der Waals surface area contributed by atoms with Crippen molar-refractivity contribution >= 4 is 34.2 Å². The Bertz CT molecular complexity index is 537. The number of ether oxygens (including phenoxy) is 2. The van der Waals surface area contributed by atoms with Crippen molar-refractivity contribution in [1.29, 1.82) is 0 Å². The van der Waals surface area contributed by atoms with Gasteiger partial charge >= 0.3 is 5.69 Å². The van der Waals surface area contributed by atoms with Crippen molar-refractivity contribution in [1.82, 2.24) is 0 Å². The molecule has 0 aliphatic carbocycles. The molecule has 0 saturated carbocycles. The van der Waals surface area contributed by atoms with Crippen LogP contribution in [0.5, 0.6) is 5.75 Å². The van der Waals surface area contributed by atoms with E-state index >= 15 is 0 Å². The first-order valence-corrected chi connectivity index (χ1v) is 7.85. The Morgan fingerprint density at radius 1 is 1.48 bits per heavy atom. The average molecular weight is 380 g/mol. The molecule has 21 heavy (non-hydrogen) atoms. The summed E-state index contributed by atoms with van der Waals surface area (Å²) in [5.41, 5.74) is -0.455. The van der Waals surface area contributed by atoms with Crippen molar-refractivity contribution in [3.63, 3.8) is 0 Å². The van der Waals surface area contributed by atoms with Crippen molar-refractivity contribution in [3.8, 4) is 5.75 Å². The van der Waals surface area contributed by atoms with Gasteiger partial charge in [-0.3, -0.25) is 10.1 Å². The second-order valence-corrected chi connectivity index (χ2v) is 6.22. The minimum Gasteiger partial charge on any atom is -0.486 e. The fraction of sp³-hybridized carbons (Fsp3) is 0.538. The number of halogens is 2. The number of hydrogen-bond acceptors (Lipinski definition) is 5. The fourth-order valence-electron chi connectivity index (χ4n) is 2.16. The van der Waals surface area contributed by atoms with E-state index in [0.29, 0.717) is 19.0 Å².